The van der Waals surface area contributed by atoms with Crippen LogP contribution in [0, 0.1) is 0 Å². The first kappa shape index (κ1) is 83.2. The Kier molecular flexibility index (Phi) is 17.1. The quantitative estimate of drug-likeness (QED) is 0.112. The van der Waals surface area contributed by atoms with E-state index < -0.39 is 65.1 Å². The Balaban J connectivity index is 0.905. The van der Waals surface area contributed by atoms with Crippen molar-refractivity contribution in [3.05, 3.63) is 430 Å². The van der Waals surface area contributed by atoms with Crippen LogP contribution in [0.1, 0.15) is 174 Å². The number of hydrogen-bond acceptors (Lipinski definition) is 4. The maximum atomic E-state index is 12.8. The van der Waals surface area contributed by atoms with Gasteiger partial charge in [-0.25, -0.2) is 0 Å². The van der Waals surface area contributed by atoms with Crippen LogP contribution in [0.15, 0.2) is 357 Å². The van der Waals surface area contributed by atoms with E-state index in [4.69, 9.17) is 17.7 Å². The molecule has 0 radical (unpaired) electrons. The Morgan fingerprint density at radius 1 is 0.222 bits per heavy atom. The zero-order chi connectivity index (χ0) is 92.2. The van der Waals surface area contributed by atoms with E-state index in [0.717, 1.165) is 179 Å². The molecule has 6 aliphatic rings. The number of allylic oxidation sites excluding steroid dienone is 4. The van der Waals surface area contributed by atoms with Gasteiger partial charge in [-0.3, -0.25) is 0 Å². The molecule has 0 bridgehead atoms. The van der Waals surface area contributed by atoms with Crippen LogP contribution in [0.4, 0.5) is 0 Å². The molecule has 4 aromatic heterocycles. The molecule has 16 aromatic carbocycles. The normalized spacial score (nSPS) is 21.6. The summed E-state index contributed by atoms with van der Waals surface area (Å²) in [6.07, 6.45) is 10.4. The maximum absolute atomic E-state index is 12.8. The summed E-state index contributed by atoms with van der Waals surface area (Å²) in [5.41, 5.74) is 20.0. The summed E-state index contributed by atoms with van der Waals surface area (Å²) < 4.78 is 27.4. The van der Waals surface area contributed by atoms with Gasteiger partial charge in [0, 0.05) is 0 Å². The second-order valence-corrected chi connectivity index (χ2v) is 98.5. The van der Waals surface area contributed by atoms with Crippen LogP contribution in [0.2, 0.25) is 13.1 Å². The van der Waals surface area contributed by atoms with Gasteiger partial charge < -0.3 is 0 Å². The number of fused-ring (bicyclic) bond motifs is 24. The SMILES string of the molecule is C[SiH]1[C]2(C(c3ccc(C(C)(C)C)o3)=Cc3c(-c4ccc5c(ccc6ccccc65)c4)cccc32)[Hf]2([Cl])([Cl])([C]13C(c1ccc(C(C)(C)C)o1)=Cc1c(-c4ccc5c(ccc6ccccc65)c4)cccc13)[C]1(C(c3ccc(C(C)(C)C)o3)=Cc3c(-c4ccc5c(ccc6ccccc65)c4)cccc31)[SiH](C)[C]21C(c2ccc(C(C)(C)C)o2)=Cc2c(-c3ccc4c(ccc5ccccc54)c3)cccc21. The van der Waals surface area contributed by atoms with E-state index >= 15 is 0 Å². The van der Waals surface area contributed by atoms with Gasteiger partial charge in [-0.1, -0.05) is 0 Å². The van der Waals surface area contributed by atoms with Gasteiger partial charge in [0.1, 0.15) is 0 Å². The van der Waals surface area contributed by atoms with Crippen molar-refractivity contribution in [3.8, 4) is 44.5 Å². The Labute approximate surface area is 796 Å². The molecule has 135 heavy (non-hydrogen) atoms. The average Bonchev–Trinajstić information content (AvgIpc) is 1.48. The van der Waals surface area contributed by atoms with Gasteiger partial charge in [-0.05, 0) is 0 Å². The molecule has 20 aromatic rings. The molecule has 4 unspecified atom stereocenters. The van der Waals surface area contributed by atoms with E-state index in [1.54, 1.807) is 0 Å². The van der Waals surface area contributed by atoms with Gasteiger partial charge >= 0.3 is 804 Å². The van der Waals surface area contributed by atoms with Gasteiger partial charge in [-0.2, -0.15) is 0 Å². The first-order chi connectivity index (χ1) is 64.9. The molecule has 0 saturated carbocycles. The molecule has 658 valence electrons. The van der Waals surface area contributed by atoms with Gasteiger partial charge in [0.05, 0.1) is 0 Å². The number of furan rings is 4. The van der Waals surface area contributed by atoms with Gasteiger partial charge in [0.2, 0.25) is 0 Å². The summed E-state index contributed by atoms with van der Waals surface area (Å²) in [6, 6.07) is 130. The van der Waals surface area contributed by atoms with Crippen molar-refractivity contribution < 1.29 is 32.3 Å². The molecule has 5 spiro atoms. The first-order valence-electron chi connectivity index (χ1n) is 48.2. The fourth-order valence-corrected chi connectivity index (χ4v) is 195. The molecule has 9 heteroatoms. The standard InChI is InChI=1S/2C63H52O2Si.2ClH.Hf/c2*1-62(2,3)58-32-30-56(64-58)54-36-52-46(42-26-28-48-40(34-42)24-22-38-14-8-10-16-44(38)48)18-12-20-50(52)60(54)66(7)61-51-21-13-19-47(53(51)37-55(61)57-31-33-59(65-57)63(4,5)6)43-27-29-49-41(35-43)25-23-39-15-9-11-17-45(39)49;;;/h2*8-37,66H,1-7H3;2*1H;/q;;;;+2/p-2. The fourth-order valence-electron chi connectivity index (χ4n) is 28.8. The minimum atomic E-state index is -9.35. The molecule has 2 fully saturated rings. The molecule has 2 aliphatic heterocycles. The van der Waals surface area contributed by atoms with E-state index in [-0.39, 0.29) is 0 Å². The van der Waals surface area contributed by atoms with E-state index in [1.165, 1.54) is 64.6 Å². The van der Waals surface area contributed by atoms with Crippen LogP contribution >= 0.6 is 17.2 Å². The van der Waals surface area contributed by atoms with E-state index in [0.29, 0.717) is 0 Å². The molecule has 4 aliphatic carbocycles. The van der Waals surface area contributed by atoms with E-state index in [9.17, 15) is 17.2 Å². The Bertz CT molecular complexity index is 7830. The zero-order valence-electron chi connectivity index (χ0n) is 78.7. The summed E-state index contributed by atoms with van der Waals surface area (Å²) in [5.74, 6) is 6.53. The number of hydrogen-bond donors (Lipinski definition) is 0. The average molecular weight is 1990 g/mol. The van der Waals surface area contributed by atoms with Crippen molar-refractivity contribution in [1.29, 1.82) is 0 Å². The van der Waals surface area contributed by atoms with Gasteiger partial charge in [0.25, 0.3) is 0 Å². The monoisotopic (exact) mass is 1990 g/mol. The third-order valence-electron chi connectivity index (χ3n) is 33.8. The minimum absolute atomic E-state index is 0.440. The van der Waals surface area contributed by atoms with Crippen molar-refractivity contribution in [2.75, 3.05) is 0 Å². The molecular weight excluding hydrogens is 1880 g/mol. The summed E-state index contributed by atoms with van der Waals surface area (Å²) in [5, 5.41) is 19.1. The van der Waals surface area contributed by atoms with Crippen molar-refractivity contribution >= 4 is 168 Å². The predicted molar refractivity (Wildman–Crippen MR) is 573 cm³/mol. The molecule has 2 saturated heterocycles. The van der Waals surface area contributed by atoms with Crippen LogP contribution in [-0.4, -0.2) is 17.6 Å². The second kappa shape index (κ2) is 27.7. The number of benzene rings is 16. The fraction of sp³-hybridized carbons (Fsp3) is 0.175. The Morgan fingerprint density at radius 3 is 0.644 bits per heavy atom. The summed E-state index contributed by atoms with van der Waals surface area (Å²) in [4.78, 5) is 0. The Hall–Kier alpha value is -12.4. The summed E-state index contributed by atoms with van der Waals surface area (Å²) in [7, 11) is 18.7. The van der Waals surface area contributed by atoms with Crippen molar-refractivity contribution in [3.63, 3.8) is 0 Å². The topological polar surface area (TPSA) is 52.6 Å². The molecule has 26 rings (SSSR count). The van der Waals surface area contributed by atoms with Crippen molar-refractivity contribution in [2.24, 2.45) is 0 Å². The van der Waals surface area contributed by atoms with Crippen LogP contribution in [0.5, 0.6) is 0 Å². The molecule has 0 amide bonds. The van der Waals surface area contributed by atoms with Gasteiger partial charge in [-0.15, -0.1) is 0 Å². The second-order valence-electron chi connectivity index (χ2n) is 44.1. The van der Waals surface area contributed by atoms with Crippen molar-refractivity contribution in [1.82, 2.24) is 0 Å². The number of rotatable bonds is 8. The molecule has 0 N–H and O–H groups in total. The van der Waals surface area contributed by atoms with Crippen LogP contribution < -0.4 is 0 Å². The molecule has 4 atom stereocenters. The van der Waals surface area contributed by atoms with Crippen molar-refractivity contribution in [2.45, 2.75) is 129 Å². The molecule has 4 nitrogen and oxygen atoms in total. The van der Waals surface area contributed by atoms with E-state index in [1.807, 2.05) is 0 Å². The summed E-state index contributed by atoms with van der Waals surface area (Å²) in [6.45, 7) is 32.8. The van der Waals surface area contributed by atoms with Crippen LogP contribution in [-0.2, 0) is 47.5 Å². The first-order valence-corrected chi connectivity index (χ1v) is 68.9. The van der Waals surface area contributed by atoms with Crippen LogP contribution in [0.3, 0.4) is 0 Å². The van der Waals surface area contributed by atoms with Crippen LogP contribution in [0.25, 0.3) is 177 Å². The summed E-state index contributed by atoms with van der Waals surface area (Å²) >= 11 is -9.35. The zero-order valence-corrected chi connectivity index (χ0v) is 86.1. The third-order valence-corrected chi connectivity index (χ3v) is 149. The Morgan fingerprint density at radius 2 is 0.430 bits per heavy atom. The molecule has 6 heterocycles. The predicted octanol–water partition coefficient (Wildman–Crippen LogP) is 34.7. The number of halogens is 2. The third kappa shape index (κ3) is 10.1. The molecular formula is C126H104Cl2HfO4Si2. The van der Waals surface area contributed by atoms with Gasteiger partial charge in [0.15, 0.2) is 0 Å². The van der Waals surface area contributed by atoms with E-state index in [2.05, 4.69) is 460 Å².